The van der Waals surface area contributed by atoms with Crippen LogP contribution in [0, 0.1) is 0 Å². The molecule has 0 unspecified atom stereocenters. The van der Waals surface area contributed by atoms with Crippen molar-refractivity contribution in [3.8, 4) is 11.6 Å². The number of aromatic nitrogens is 2. The predicted octanol–water partition coefficient (Wildman–Crippen LogP) is 4.70. The highest BCUT2D eigenvalue weighted by Crippen LogP contribution is 2.35. The monoisotopic (exact) mass is 483 g/mol. The number of hydrogen-bond donors (Lipinski definition) is 0. The lowest BCUT2D eigenvalue weighted by atomic mass is 10.2. The van der Waals surface area contributed by atoms with E-state index in [-0.39, 0.29) is 24.7 Å². The maximum atomic E-state index is 12.4. The number of ether oxygens (including phenoxy) is 3. The van der Waals surface area contributed by atoms with Crippen molar-refractivity contribution in [3.63, 3.8) is 0 Å². The lowest BCUT2D eigenvalue weighted by molar-refractivity contribution is 0.0519. The summed E-state index contributed by atoms with van der Waals surface area (Å²) >= 11 is 3.52. The van der Waals surface area contributed by atoms with E-state index in [1.807, 2.05) is 41.3 Å². The van der Waals surface area contributed by atoms with E-state index >= 15 is 0 Å². The first-order valence-corrected chi connectivity index (χ1v) is 10.7. The van der Waals surface area contributed by atoms with Crippen molar-refractivity contribution in [2.45, 2.75) is 20.0 Å². The zero-order chi connectivity index (χ0) is 21.8. The lowest BCUT2D eigenvalue weighted by Gasteiger charge is -2.19. The molecule has 0 aliphatic carbocycles. The quantitative estimate of drug-likeness (QED) is 0.451. The van der Waals surface area contributed by atoms with Gasteiger partial charge in [-0.05, 0) is 54.8 Å². The fraction of sp³-hybridized carbons (Fsp3) is 0.261. The van der Waals surface area contributed by atoms with Gasteiger partial charge in [-0.2, -0.15) is 4.98 Å². The normalized spacial score (nSPS) is 12.4. The van der Waals surface area contributed by atoms with Crippen LogP contribution in [0.3, 0.4) is 0 Å². The summed E-state index contributed by atoms with van der Waals surface area (Å²) in [7, 11) is 1.61. The number of carbonyl (C=O) groups excluding carboxylic acids is 1. The standard InChI is InChI=1S/C23H22BrN3O4/c1-3-30-22(28)19-13-25-23(27-10-9-16-12-17(24)7-8-20(16)27)26-21(19)31-14-15-5-4-6-18(11-15)29-2/h4-8,11-13H,3,9-10,14H2,1-2H3. The maximum absolute atomic E-state index is 12.4. The van der Waals surface area contributed by atoms with Crippen LogP contribution in [0.15, 0.2) is 53.1 Å². The first kappa shape index (κ1) is 21.1. The van der Waals surface area contributed by atoms with Crippen LogP contribution in [0.25, 0.3) is 0 Å². The SMILES string of the molecule is CCOC(=O)c1cnc(N2CCc3cc(Br)ccc32)nc1OCc1cccc(OC)c1. The number of benzene rings is 2. The molecule has 0 bridgehead atoms. The van der Waals surface area contributed by atoms with Crippen LogP contribution in [0.5, 0.6) is 11.6 Å². The number of carbonyl (C=O) groups is 1. The average Bonchev–Trinajstić information content (AvgIpc) is 3.20. The molecule has 0 saturated heterocycles. The second kappa shape index (κ2) is 9.34. The van der Waals surface area contributed by atoms with Gasteiger partial charge in [0.1, 0.15) is 17.9 Å². The first-order valence-electron chi connectivity index (χ1n) is 9.95. The number of esters is 1. The Bertz CT molecular complexity index is 1110. The van der Waals surface area contributed by atoms with Crippen molar-refractivity contribution in [1.82, 2.24) is 9.97 Å². The molecule has 2 aromatic carbocycles. The van der Waals surface area contributed by atoms with Crippen molar-refractivity contribution in [1.29, 1.82) is 0 Å². The molecule has 31 heavy (non-hydrogen) atoms. The van der Waals surface area contributed by atoms with E-state index < -0.39 is 5.97 Å². The van der Waals surface area contributed by atoms with Crippen molar-refractivity contribution in [2.24, 2.45) is 0 Å². The Morgan fingerprint density at radius 2 is 2.10 bits per heavy atom. The highest BCUT2D eigenvalue weighted by atomic mass is 79.9. The van der Waals surface area contributed by atoms with Gasteiger partial charge in [-0.25, -0.2) is 9.78 Å². The minimum Gasteiger partial charge on any atom is -0.497 e. The minimum atomic E-state index is -0.513. The van der Waals surface area contributed by atoms with Gasteiger partial charge in [0, 0.05) is 16.7 Å². The summed E-state index contributed by atoms with van der Waals surface area (Å²) in [4.78, 5) is 23.5. The summed E-state index contributed by atoms with van der Waals surface area (Å²) in [6.07, 6.45) is 2.36. The topological polar surface area (TPSA) is 73.8 Å². The number of anilines is 2. The number of nitrogens with zero attached hydrogens (tertiary/aromatic N) is 3. The Morgan fingerprint density at radius 3 is 2.90 bits per heavy atom. The van der Waals surface area contributed by atoms with E-state index in [1.54, 1.807) is 14.0 Å². The van der Waals surface area contributed by atoms with Crippen LogP contribution in [-0.2, 0) is 17.8 Å². The van der Waals surface area contributed by atoms with Crippen molar-refractivity contribution in [3.05, 3.63) is 69.8 Å². The van der Waals surface area contributed by atoms with Crippen LogP contribution in [0.2, 0.25) is 0 Å². The zero-order valence-corrected chi connectivity index (χ0v) is 18.9. The average molecular weight is 484 g/mol. The second-order valence-electron chi connectivity index (χ2n) is 6.92. The molecule has 8 heteroatoms. The lowest BCUT2D eigenvalue weighted by Crippen LogP contribution is -2.18. The van der Waals surface area contributed by atoms with E-state index in [9.17, 15) is 4.79 Å². The van der Waals surface area contributed by atoms with Crippen LogP contribution in [-0.4, -0.2) is 36.2 Å². The third-order valence-corrected chi connectivity index (χ3v) is 5.42. The van der Waals surface area contributed by atoms with E-state index in [2.05, 4.69) is 32.0 Å². The van der Waals surface area contributed by atoms with Crippen molar-refractivity contribution < 1.29 is 19.0 Å². The summed E-state index contributed by atoms with van der Waals surface area (Å²) in [5, 5.41) is 0. The fourth-order valence-corrected chi connectivity index (χ4v) is 3.85. The molecule has 7 nitrogen and oxygen atoms in total. The molecule has 0 atom stereocenters. The van der Waals surface area contributed by atoms with E-state index in [1.165, 1.54) is 11.8 Å². The smallest absolute Gasteiger partial charge is 0.345 e. The molecule has 0 radical (unpaired) electrons. The number of hydrogen-bond acceptors (Lipinski definition) is 7. The molecule has 3 aromatic rings. The zero-order valence-electron chi connectivity index (χ0n) is 17.3. The molecular formula is C23H22BrN3O4. The third-order valence-electron chi connectivity index (χ3n) is 4.92. The third kappa shape index (κ3) is 4.64. The van der Waals surface area contributed by atoms with Crippen LogP contribution in [0.1, 0.15) is 28.4 Å². The van der Waals surface area contributed by atoms with E-state index in [0.29, 0.717) is 5.95 Å². The Labute approximate surface area is 189 Å². The molecule has 0 N–H and O–H groups in total. The molecular weight excluding hydrogens is 462 g/mol. The van der Waals surface area contributed by atoms with Gasteiger partial charge in [-0.15, -0.1) is 0 Å². The fourth-order valence-electron chi connectivity index (χ4n) is 3.44. The molecule has 4 rings (SSSR count). The highest BCUT2D eigenvalue weighted by Gasteiger charge is 2.25. The minimum absolute atomic E-state index is 0.192. The molecule has 1 aromatic heterocycles. The number of methoxy groups -OCH3 is 1. The molecule has 1 aliphatic heterocycles. The summed E-state index contributed by atoms with van der Waals surface area (Å²) in [5.41, 5.74) is 3.35. The van der Waals surface area contributed by atoms with Crippen LogP contribution < -0.4 is 14.4 Å². The van der Waals surface area contributed by atoms with Crippen LogP contribution in [0.4, 0.5) is 11.6 Å². The summed E-state index contributed by atoms with van der Waals surface area (Å²) < 4.78 is 17.4. The summed E-state index contributed by atoms with van der Waals surface area (Å²) in [5.74, 6) is 0.891. The molecule has 0 saturated carbocycles. The number of rotatable bonds is 7. The molecule has 0 fully saturated rings. The van der Waals surface area contributed by atoms with Crippen molar-refractivity contribution in [2.75, 3.05) is 25.2 Å². The maximum Gasteiger partial charge on any atom is 0.345 e. The number of halogens is 1. The Balaban J connectivity index is 1.64. The van der Waals surface area contributed by atoms with Gasteiger partial charge in [0.25, 0.3) is 0 Å². The summed E-state index contributed by atoms with van der Waals surface area (Å²) in [6.45, 7) is 2.98. The first-order chi connectivity index (χ1) is 15.1. The van der Waals surface area contributed by atoms with Gasteiger partial charge >= 0.3 is 5.97 Å². The molecule has 0 amide bonds. The number of fused-ring (bicyclic) bond motifs is 1. The Kier molecular flexibility index (Phi) is 6.36. The van der Waals surface area contributed by atoms with Crippen LogP contribution >= 0.6 is 15.9 Å². The van der Waals surface area contributed by atoms with E-state index in [0.717, 1.165) is 34.4 Å². The van der Waals surface area contributed by atoms with E-state index in [4.69, 9.17) is 14.2 Å². The molecule has 2 heterocycles. The van der Waals surface area contributed by atoms with Gasteiger partial charge in [-0.1, -0.05) is 28.1 Å². The largest absolute Gasteiger partial charge is 0.497 e. The van der Waals surface area contributed by atoms with Gasteiger partial charge in [0.15, 0.2) is 0 Å². The molecule has 160 valence electrons. The van der Waals surface area contributed by atoms with Crippen molar-refractivity contribution >= 4 is 33.5 Å². The molecule has 0 spiro atoms. The van der Waals surface area contributed by atoms with Gasteiger partial charge in [0.2, 0.25) is 11.8 Å². The summed E-state index contributed by atoms with van der Waals surface area (Å²) in [6, 6.07) is 13.7. The molecule has 1 aliphatic rings. The Morgan fingerprint density at radius 1 is 1.23 bits per heavy atom. The highest BCUT2D eigenvalue weighted by molar-refractivity contribution is 9.10. The second-order valence-corrected chi connectivity index (χ2v) is 7.84. The predicted molar refractivity (Wildman–Crippen MR) is 120 cm³/mol. The van der Waals surface area contributed by atoms with Gasteiger partial charge < -0.3 is 19.1 Å². The van der Waals surface area contributed by atoms with Gasteiger partial charge in [0.05, 0.1) is 19.9 Å². The van der Waals surface area contributed by atoms with Gasteiger partial charge in [-0.3, -0.25) is 0 Å². The Hall–Kier alpha value is -3.13.